The SMILES string of the molecule is CC(C)C[C@@H]1NC(=O)[C@@H](C(C)C)NC(=O)[C@@H](Cc2ccc(Cl)cc2)NCCOc2ccccc2C(C)CCNC1=O. The highest BCUT2D eigenvalue weighted by molar-refractivity contribution is 6.30. The van der Waals surface area contributed by atoms with Gasteiger partial charge in [-0.2, -0.15) is 0 Å². The van der Waals surface area contributed by atoms with Crippen LogP contribution in [0.3, 0.4) is 0 Å². The number of para-hydroxylation sites is 1. The third kappa shape index (κ3) is 10.0. The monoisotopic (exact) mass is 584 g/mol. The largest absolute Gasteiger partial charge is 0.492 e. The second-order valence-electron chi connectivity index (χ2n) is 11.6. The molecule has 0 saturated heterocycles. The summed E-state index contributed by atoms with van der Waals surface area (Å²) >= 11 is 6.07. The molecule has 41 heavy (non-hydrogen) atoms. The molecular formula is C32H45ClN4O4. The Morgan fingerprint density at radius 2 is 1.59 bits per heavy atom. The Bertz CT molecular complexity index is 1150. The van der Waals surface area contributed by atoms with Crippen LogP contribution in [0, 0.1) is 11.8 Å². The molecule has 2 aromatic carbocycles. The summed E-state index contributed by atoms with van der Waals surface area (Å²) in [6.45, 7) is 11.1. The highest BCUT2D eigenvalue weighted by atomic mass is 35.5. The predicted octanol–water partition coefficient (Wildman–Crippen LogP) is 4.21. The van der Waals surface area contributed by atoms with Crippen LogP contribution < -0.4 is 26.0 Å². The molecule has 0 saturated carbocycles. The van der Waals surface area contributed by atoms with Gasteiger partial charge in [0.15, 0.2) is 0 Å². The van der Waals surface area contributed by atoms with E-state index in [1.54, 1.807) is 12.1 Å². The van der Waals surface area contributed by atoms with E-state index in [2.05, 4.69) is 28.2 Å². The Morgan fingerprint density at radius 3 is 2.27 bits per heavy atom. The first-order chi connectivity index (χ1) is 19.5. The Morgan fingerprint density at radius 1 is 0.878 bits per heavy atom. The molecule has 224 valence electrons. The van der Waals surface area contributed by atoms with E-state index in [9.17, 15) is 14.4 Å². The summed E-state index contributed by atoms with van der Waals surface area (Å²) in [5, 5.41) is 12.8. The average Bonchev–Trinajstić information content (AvgIpc) is 2.93. The molecule has 3 amide bonds. The molecule has 0 radical (unpaired) electrons. The van der Waals surface area contributed by atoms with Crippen LogP contribution in [0.25, 0.3) is 0 Å². The quantitative estimate of drug-likeness (QED) is 0.421. The molecule has 2 aromatic rings. The molecule has 0 spiro atoms. The second-order valence-corrected chi connectivity index (χ2v) is 12.1. The van der Waals surface area contributed by atoms with E-state index in [-0.39, 0.29) is 35.5 Å². The molecular weight excluding hydrogens is 540 g/mol. The number of rotatable bonds is 5. The summed E-state index contributed by atoms with van der Waals surface area (Å²) in [4.78, 5) is 40.3. The second kappa shape index (κ2) is 15.8. The van der Waals surface area contributed by atoms with Gasteiger partial charge in [-0.1, -0.05) is 76.6 Å². The van der Waals surface area contributed by atoms with E-state index >= 15 is 0 Å². The number of hydrogen-bond donors (Lipinski definition) is 4. The summed E-state index contributed by atoms with van der Waals surface area (Å²) in [6.07, 6.45) is 1.62. The Balaban J connectivity index is 1.89. The third-order valence-electron chi connectivity index (χ3n) is 7.33. The lowest BCUT2D eigenvalue weighted by atomic mass is 9.96. The number of carbonyl (C=O) groups excluding carboxylic acids is 3. The molecule has 1 unspecified atom stereocenters. The van der Waals surface area contributed by atoms with E-state index in [1.165, 1.54) is 0 Å². The van der Waals surface area contributed by atoms with Gasteiger partial charge < -0.3 is 26.0 Å². The van der Waals surface area contributed by atoms with Crippen LogP contribution in [0.1, 0.15) is 64.5 Å². The number of nitrogens with one attached hydrogen (secondary N) is 4. The Hall–Kier alpha value is -3.10. The summed E-state index contributed by atoms with van der Waals surface area (Å²) in [5.41, 5.74) is 1.99. The van der Waals surface area contributed by atoms with Crippen LogP contribution in [0.2, 0.25) is 5.02 Å². The van der Waals surface area contributed by atoms with Crippen LogP contribution in [0.15, 0.2) is 48.5 Å². The molecule has 4 atom stereocenters. The Labute approximate surface area is 249 Å². The maximum atomic E-state index is 13.6. The lowest BCUT2D eigenvalue weighted by molar-refractivity contribution is -0.133. The van der Waals surface area contributed by atoms with Gasteiger partial charge in [0.25, 0.3) is 0 Å². The predicted molar refractivity (Wildman–Crippen MR) is 163 cm³/mol. The maximum Gasteiger partial charge on any atom is 0.243 e. The summed E-state index contributed by atoms with van der Waals surface area (Å²) < 4.78 is 6.15. The van der Waals surface area contributed by atoms with Crippen molar-refractivity contribution in [3.8, 4) is 5.75 Å². The van der Waals surface area contributed by atoms with Gasteiger partial charge in [0.05, 0.1) is 6.04 Å². The number of amides is 3. The van der Waals surface area contributed by atoms with Crippen molar-refractivity contribution >= 4 is 29.3 Å². The molecule has 1 heterocycles. The Kier molecular flexibility index (Phi) is 12.5. The fourth-order valence-electron chi connectivity index (χ4n) is 4.97. The highest BCUT2D eigenvalue weighted by Crippen LogP contribution is 2.28. The molecule has 8 nitrogen and oxygen atoms in total. The first-order valence-corrected chi connectivity index (χ1v) is 15.0. The standard InChI is InChI=1S/C32H45ClN4O4/c1-20(2)18-27-30(38)35-15-14-22(5)25-8-6-7-9-28(25)41-17-16-34-26(19-23-10-12-24(33)13-11-23)31(39)37-29(21(3)4)32(40)36-27/h6-13,20-22,26-27,29,34H,14-19H2,1-5H3,(H,35,38)(H,36,40)(H,37,39)/t22?,26-,27+,29-/m1/s1. The number of fused-ring (bicyclic) bond motifs is 1. The molecule has 4 N–H and O–H groups in total. The zero-order chi connectivity index (χ0) is 29.9. The van der Waals surface area contributed by atoms with E-state index in [0.29, 0.717) is 37.6 Å². The first kappa shape index (κ1) is 32.4. The summed E-state index contributed by atoms with van der Waals surface area (Å²) in [6, 6.07) is 13.1. The molecule has 1 aliphatic heterocycles. The van der Waals surface area contributed by atoms with E-state index in [1.807, 2.05) is 64.1 Å². The minimum atomic E-state index is -0.804. The van der Waals surface area contributed by atoms with Crippen molar-refractivity contribution < 1.29 is 19.1 Å². The van der Waals surface area contributed by atoms with Gasteiger partial charge in [0, 0.05) is 18.1 Å². The van der Waals surface area contributed by atoms with Gasteiger partial charge in [0.1, 0.15) is 24.4 Å². The van der Waals surface area contributed by atoms with Crippen molar-refractivity contribution in [1.82, 2.24) is 21.3 Å². The van der Waals surface area contributed by atoms with Gasteiger partial charge in [-0.15, -0.1) is 0 Å². The number of ether oxygens (including phenoxy) is 1. The van der Waals surface area contributed by atoms with Crippen molar-refractivity contribution in [3.63, 3.8) is 0 Å². The van der Waals surface area contributed by atoms with Crippen molar-refractivity contribution in [2.75, 3.05) is 19.7 Å². The zero-order valence-corrected chi connectivity index (χ0v) is 25.6. The normalized spacial score (nSPS) is 23.5. The van der Waals surface area contributed by atoms with Crippen LogP contribution in [-0.2, 0) is 20.8 Å². The number of benzene rings is 2. The summed E-state index contributed by atoms with van der Waals surface area (Å²) in [5.74, 6) is 0.0417. The molecule has 9 heteroatoms. The van der Waals surface area contributed by atoms with Crippen LogP contribution in [0.4, 0.5) is 0 Å². The minimum Gasteiger partial charge on any atom is -0.492 e. The number of carbonyl (C=O) groups is 3. The first-order valence-electron chi connectivity index (χ1n) is 14.6. The fraction of sp³-hybridized carbons (Fsp3) is 0.531. The van der Waals surface area contributed by atoms with Crippen molar-refractivity contribution in [2.45, 2.75) is 77.9 Å². The van der Waals surface area contributed by atoms with Crippen molar-refractivity contribution in [1.29, 1.82) is 0 Å². The van der Waals surface area contributed by atoms with E-state index in [0.717, 1.165) is 23.3 Å². The third-order valence-corrected chi connectivity index (χ3v) is 7.59. The number of halogens is 1. The molecule has 0 aromatic heterocycles. The van der Waals surface area contributed by atoms with E-state index in [4.69, 9.17) is 16.3 Å². The fourth-order valence-corrected chi connectivity index (χ4v) is 5.10. The molecule has 1 aliphatic rings. The van der Waals surface area contributed by atoms with Crippen LogP contribution in [-0.4, -0.2) is 55.5 Å². The smallest absolute Gasteiger partial charge is 0.243 e. The van der Waals surface area contributed by atoms with Crippen molar-refractivity contribution in [2.24, 2.45) is 11.8 Å². The highest BCUT2D eigenvalue weighted by Gasteiger charge is 2.31. The van der Waals surface area contributed by atoms with Gasteiger partial charge in [-0.05, 0) is 66.3 Å². The maximum absolute atomic E-state index is 13.6. The zero-order valence-electron chi connectivity index (χ0n) is 24.8. The topological polar surface area (TPSA) is 109 Å². The van der Waals surface area contributed by atoms with Gasteiger partial charge in [-0.25, -0.2) is 0 Å². The number of hydrogen-bond acceptors (Lipinski definition) is 5. The lowest BCUT2D eigenvalue weighted by Crippen LogP contribution is -2.58. The van der Waals surface area contributed by atoms with Gasteiger partial charge in [-0.3, -0.25) is 14.4 Å². The van der Waals surface area contributed by atoms with Crippen molar-refractivity contribution in [3.05, 3.63) is 64.7 Å². The van der Waals surface area contributed by atoms with Crippen LogP contribution >= 0.6 is 11.6 Å². The molecule has 0 bridgehead atoms. The van der Waals surface area contributed by atoms with E-state index < -0.39 is 18.1 Å². The molecule has 0 fully saturated rings. The molecule has 0 aliphatic carbocycles. The van der Waals surface area contributed by atoms with Gasteiger partial charge in [0.2, 0.25) is 17.7 Å². The van der Waals surface area contributed by atoms with Crippen LogP contribution in [0.5, 0.6) is 5.75 Å². The summed E-state index contributed by atoms with van der Waals surface area (Å²) in [7, 11) is 0. The average molecular weight is 585 g/mol. The minimum absolute atomic E-state index is 0.144. The van der Waals surface area contributed by atoms with Gasteiger partial charge >= 0.3 is 0 Å². The molecule has 3 rings (SSSR count). The lowest BCUT2D eigenvalue weighted by Gasteiger charge is -2.28.